The molecule has 0 amide bonds. The first-order chi connectivity index (χ1) is 17.0. The van der Waals surface area contributed by atoms with Crippen LogP contribution >= 0.6 is 0 Å². The average molecular weight is 481 g/mol. The Morgan fingerprint density at radius 3 is 2.83 bits per heavy atom. The van der Waals surface area contributed by atoms with Gasteiger partial charge in [0.2, 0.25) is 0 Å². The van der Waals surface area contributed by atoms with Crippen molar-refractivity contribution in [3.05, 3.63) is 42.0 Å². The molecule has 4 aromatic heterocycles. The standard InChI is InChI=1S/C24H22F3N7O/c25-24(26,27)19-7-14-13(3-4-30-21(14)32-19)22-31-16-9-28-8-15(12-1-2-12)20(16)23(33-22)34-5-6-35-18-11-29-10-17(18)34/h3-4,7-9,12,17-18,29H,1-2,5-6,10-11H2,(H,30,32). The maximum absolute atomic E-state index is 13.4. The second-order valence-electron chi connectivity index (χ2n) is 9.40. The van der Waals surface area contributed by atoms with E-state index in [1.165, 1.54) is 6.20 Å². The number of fused-ring (bicyclic) bond motifs is 3. The number of alkyl halides is 3. The maximum Gasteiger partial charge on any atom is 0.431 e. The molecule has 2 aliphatic heterocycles. The summed E-state index contributed by atoms with van der Waals surface area (Å²) in [6, 6.07) is 2.87. The summed E-state index contributed by atoms with van der Waals surface area (Å²) in [5.41, 5.74) is 1.63. The van der Waals surface area contributed by atoms with Gasteiger partial charge in [-0.15, -0.1) is 0 Å². The molecule has 8 nitrogen and oxygen atoms in total. The summed E-state index contributed by atoms with van der Waals surface area (Å²) in [5, 5.41) is 4.72. The fraction of sp³-hybridized carbons (Fsp3) is 0.417. The van der Waals surface area contributed by atoms with Crippen LogP contribution in [-0.2, 0) is 10.9 Å². The number of morpholine rings is 1. The third-order valence-corrected chi connectivity index (χ3v) is 7.18. The van der Waals surface area contributed by atoms with Gasteiger partial charge in [-0.05, 0) is 36.5 Å². The number of H-pyrrole nitrogens is 1. The van der Waals surface area contributed by atoms with Crippen LogP contribution < -0.4 is 10.2 Å². The molecule has 3 fully saturated rings. The number of aromatic amines is 1. The van der Waals surface area contributed by atoms with E-state index in [9.17, 15) is 13.2 Å². The molecule has 3 aliphatic rings. The number of anilines is 1. The van der Waals surface area contributed by atoms with Crippen molar-refractivity contribution in [2.75, 3.05) is 31.1 Å². The average Bonchev–Trinajstić information content (AvgIpc) is 3.40. The lowest BCUT2D eigenvalue weighted by atomic mass is 10.0. The number of halogens is 3. The number of pyridine rings is 2. The highest BCUT2D eigenvalue weighted by Gasteiger charge is 2.39. The van der Waals surface area contributed by atoms with E-state index in [1.54, 1.807) is 12.3 Å². The van der Waals surface area contributed by atoms with Crippen molar-refractivity contribution in [3.63, 3.8) is 0 Å². The molecular weight excluding hydrogens is 459 g/mol. The Labute approximate surface area is 197 Å². The third kappa shape index (κ3) is 3.44. The third-order valence-electron chi connectivity index (χ3n) is 7.18. The topological polar surface area (TPSA) is 91.8 Å². The van der Waals surface area contributed by atoms with Crippen molar-refractivity contribution >= 4 is 27.8 Å². The molecule has 6 heterocycles. The Morgan fingerprint density at radius 2 is 2.00 bits per heavy atom. The van der Waals surface area contributed by atoms with Crippen LogP contribution in [0.3, 0.4) is 0 Å². The van der Waals surface area contributed by atoms with Gasteiger partial charge in [-0.25, -0.2) is 15.0 Å². The van der Waals surface area contributed by atoms with E-state index in [0.717, 1.165) is 48.8 Å². The molecule has 1 saturated carbocycles. The van der Waals surface area contributed by atoms with Crippen LogP contribution in [0.1, 0.15) is 30.0 Å². The van der Waals surface area contributed by atoms with Crippen molar-refractivity contribution in [2.24, 2.45) is 0 Å². The number of rotatable bonds is 3. The maximum atomic E-state index is 13.4. The molecule has 2 saturated heterocycles. The molecule has 0 bridgehead atoms. The number of hydrogen-bond donors (Lipinski definition) is 2. The fourth-order valence-electron chi connectivity index (χ4n) is 5.35. The van der Waals surface area contributed by atoms with Gasteiger partial charge < -0.3 is 19.9 Å². The van der Waals surface area contributed by atoms with Crippen LogP contribution in [0.15, 0.2) is 30.7 Å². The van der Waals surface area contributed by atoms with Crippen molar-refractivity contribution in [1.82, 2.24) is 30.2 Å². The van der Waals surface area contributed by atoms with E-state index < -0.39 is 11.9 Å². The normalized spacial score (nSPS) is 22.8. The summed E-state index contributed by atoms with van der Waals surface area (Å²) < 4.78 is 46.2. The molecule has 2 N–H and O–H groups in total. The highest BCUT2D eigenvalue weighted by atomic mass is 19.4. The largest absolute Gasteiger partial charge is 0.431 e. The molecule has 0 spiro atoms. The molecule has 2 atom stereocenters. The minimum absolute atomic E-state index is 0.0649. The highest BCUT2D eigenvalue weighted by Crippen LogP contribution is 2.45. The van der Waals surface area contributed by atoms with Gasteiger partial charge in [-0.1, -0.05) is 0 Å². The Bertz CT molecular complexity index is 1450. The predicted octanol–water partition coefficient (Wildman–Crippen LogP) is 3.64. The lowest BCUT2D eigenvalue weighted by Gasteiger charge is -2.38. The van der Waals surface area contributed by atoms with Crippen molar-refractivity contribution in [2.45, 2.75) is 37.1 Å². The number of nitrogens with one attached hydrogen (secondary N) is 2. The molecule has 1 aliphatic carbocycles. The van der Waals surface area contributed by atoms with Crippen LogP contribution in [0.4, 0.5) is 19.0 Å². The van der Waals surface area contributed by atoms with Crippen molar-refractivity contribution in [1.29, 1.82) is 0 Å². The van der Waals surface area contributed by atoms with Crippen molar-refractivity contribution in [3.8, 4) is 11.4 Å². The molecule has 7 rings (SSSR count). The molecule has 180 valence electrons. The molecule has 11 heteroatoms. The van der Waals surface area contributed by atoms with Crippen LogP contribution in [-0.4, -0.2) is 63.3 Å². The van der Waals surface area contributed by atoms with Gasteiger partial charge in [0.05, 0.1) is 30.5 Å². The molecule has 35 heavy (non-hydrogen) atoms. The molecule has 4 aromatic rings. The second kappa shape index (κ2) is 7.59. The number of aromatic nitrogens is 5. The molecule has 0 aromatic carbocycles. The van der Waals surface area contributed by atoms with Crippen LogP contribution in [0.2, 0.25) is 0 Å². The fourth-order valence-corrected chi connectivity index (χ4v) is 5.35. The lowest BCUT2D eigenvalue weighted by molar-refractivity contribution is -0.140. The Hall–Kier alpha value is -3.31. The van der Waals surface area contributed by atoms with Gasteiger partial charge in [-0.3, -0.25) is 4.98 Å². The Balaban J connectivity index is 1.46. The molecular formula is C24H22F3N7O. The Morgan fingerprint density at radius 1 is 1.11 bits per heavy atom. The summed E-state index contributed by atoms with van der Waals surface area (Å²) in [4.78, 5) is 23.1. The predicted molar refractivity (Wildman–Crippen MR) is 123 cm³/mol. The van der Waals surface area contributed by atoms with Crippen LogP contribution in [0.5, 0.6) is 0 Å². The highest BCUT2D eigenvalue weighted by molar-refractivity contribution is 5.97. The van der Waals surface area contributed by atoms with Crippen LogP contribution in [0.25, 0.3) is 33.3 Å². The van der Waals surface area contributed by atoms with E-state index in [4.69, 9.17) is 14.7 Å². The zero-order valence-electron chi connectivity index (χ0n) is 18.6. The Kier molecular flexibility index (Phi) is 4.56. The number of hydrogen-bond acceptors (Lipinski definition) is 7. The summed E-state index contributed by atoms with van der Waals surface area (Å²) in [6.45, 7) is 2.82. The van der Waals surface area contributed by atoms with Gasteiger partial charge in [0.15, 0.2) is 5.82 Å². The van der Waals surface area contributed by atoms with Gasteiger partial charge in [0, 0.05) is 48.4 Å². The first-order valence-electron chi connectivity index (χ1n) is 11.8. The smallest absolute Gasteiger partial charge is 0.373 e. The summed E-state index contributed by atoms with van der Waals surface area (Å²) in [6.07, 6.45) is 2.87. The molecule has 0 radical (unpaired) electrons. The SMILES string of the molecule is FC(F)(F)c1cc2c(-c3nc(N4CCOC5CNCC54)c4c(C5CC5)cncc4n3)ccnc2[nH]1. The zero-order valence-corrected chi connectivity index (χ0v) is 18.6. The van der Waals surface area contributed by atoms with E-state index in [0.29, 0.717) is 41.4 Å². The first-order valence-corrected chi connectivity index (χ1v) is 11.8. The van der Waals surface area contributed by atoms with Gasteiger partial charge in [-0.2, -0.15) is 13.2 Å². The molecule has 2 unspecified atom stereocenters. The first kappa shape index (κ1) is 21.0. The van der Waals surface area contributed by atoms with E-state index in [-0.39, 0.29) is 17.8 Å². The minimum Gasteiger partial charge on any atom is -0.373 e. The van der Waals surface area contributed by atoms with Crippen LogP contribution in [0, 0.1) is 0 Å². The summed E-state index contributed by atoms with van der Waals surface area (Å²) in [7, 11) is 0. The monoisotopic (exact) mass is 481 g/mol. The summed E-state index contributed by atoms with van der Waals surface area (Å²) in [5.74, 6) is 1.59. The van der Waals surface area contributed by atoms with E-state index in [2.05, 4.69) is 25.2 Å². The second-order valence-corrected chi connectivity index (χ2v) is 9.40. The van der Waals surface area contributed by atoms with E-state index >= 15 is 0 Å². The van der Waals surface area contributed by atoms with Gasteiger partial charge in [0.25, 0.3) is 0 Å². The van der Waals surface area contributed by atoms with Gasteiger partial charge in [0.1, 0.15) is 17.2 Å². The minimum atomic E-state index is -4.51. The zero-order chi connectivity index (χ0) is 23.7. The van der Waals surface area contributed by atoms with Gasteiger partial charge >= 0.3 is 6.18 Å². The van der Waals surface area contributed by atoms with E-state index in [1.807, 2.05) is 6.20 Å². The quantitative estimate of drug-likeness (QED) is 0.462. The number of ether oxygens (including phenoxy) is 1. The summed E-state index contributed by atoms with van der Waals surface area (Å²) >= 11 is 0. The van der Waals surface area contributed by atoms with Crippen molar-refractivity contribution < 1.29 is 17.9 Å². The number of nitrogens with zero attached hydrogens (tertiary/aromatic N) is 5. The lowest BCUT2D eigenvalue weighted by Crippen LogP contribution is -2.51.